The molecule has 4 aromatic rings. The Balaban J connectivity index is 1.26. The van der Waals surface area contributed by atoms with Crippen molar-refractivity contribution in [2.75, 3.05) is 0 Å². The Morgan fingerprint density at radius 1 is 1.30 bits per heavy atom. The molecule has 0 unspecified atom stereocenters. The Morgan fingerprint density at radius 2 is 2.17 bits per heavy atom. The van der Waals surface area contributed by atoms with Crippen LogP contribution in [0.2, 0.25) is 5.02 Å². The van der Waals surface area contributed by atoms with E-state index in [2.05, 4.69) is 25.8 Å². The van der Waals surface area contributed by atoms with Gasteiger partial charge in [-0.25, -0.2) is 9.97 Å². The smallest absolute Gasteiger partial charge is 0.280 e. The van der Waals surface area contributed by atoms with E-state index in [9.17, 15) is 4.79 Å². The molecule has 2 aliphatic rings. The maximum atomic E-state index is 12.7. The summed E-state index contributed by atoms with van der Waals surface area (Å²) in [5, 5.41) is 4.86. The van der Waals surface area contributed by atoms with Crippen LogP contribution in [0.15, 0.2) is 57.5 Å². The average molecular weight is 419 g/mol. The summed E-state index contributed by atoms with van der Waals surface area (Å²) in [7, 11) is 1.76. The normalized spacial score (nSPS) is 19.7. The first-order chi connectivity index (χ1) is 14.6. The van der Waals surface area contributed by atoms with Gasteiger partial charge in [-0.05, 0) is 29.7 Å². The van der Waals surface area contributed by atoms with E-state index in [1.807, 2.05) is 24.3 Å². The number of hydrogen-bond acceptors (Lipinski definition) is 6. The Kier molecular flexibility index (Phi) is 3.63. The third-order valence-electron chi connectivity index (χ3n) is 5.69. The number of hydrogen-bond donors (Lipinski definition) is 0. The summed E-state index contributed by atoms with van der Waals surface area (Å²) in [5.41, 5.74) is 7.63. The molecule has 30 heavy (non-hydrogen) atoms. The lowest BCUT2D eigenvalue weighted by molar-refractivity contribution is 0.364. The van der Waals surface area contributed by atoms with E-state index < -0.39 is 0 Å². The highest BCUT2D eigenvalue weighted by Crippen LogP contribution is 2.59. The molecule has 8 nitrogen and oxygen atoms in total. The molecular weight excluding hydrogens is 404 g/mol. The maximum Gasteiger partial charge on any atom is 0.280 e. The van der Waals surface area contributed by atoms with Gasteiger partial charge in [-0.3, -0.25) is 9.36 Å². The van der Waals surface area contributed by atoms with Crippen molar-refractivity contribution in [2.24, 2.45) is 13.0 Å². The van der Waals surface area contributed by atoms with Gasteiger partial charge < -0.3 is 9.09 Å². The van der Waals surface area contributed by atoms with Gasteiger partial charge in [0.25, 0.3) is 5.56 Å². The zero-order chi connectivity index (χ0) is 20.4. The third kappa shape index (κ3) is 2.65. The molecule has 2 atom stereocenters. The van der Waals surface area contributed by atoms with E-state index in [0.29, 0.717) is 28.8 Å². The number of halogens is 1. The van der Waals surface area contributed by atoms with Crippen LogP contribution in [0.25, 0.3) is 16.7 Å². The van der Waals surface area contributed by atoms with Crippen LogP contribution in [0.5, 0.6) is 0 Å². The number of aryl methyl sites for hydroxylation is 1. The van der Waals surface area contributed by atoms with E-state index in [0.717, 1.165) is 17.0 Å². The van der Waals surface area contributed by atoms with Gasteiger partial charge in [0.1, 0.15) is 12.9 Å². The second-order valence-corrected chi connectivity index (χ2v) is 8.05. The van der Waals surface area contributed by atoms with Crippen LogP contribution in [-0.2, 0) is 13.6 Å². The van der Waals surface area contributed by atoms with Crippen molar-refractivity contribution in [2.45, 2.75) is 18.9 Å². The number of rotatable bonds is 4. The molecule has 0 amide bonds. The minimum Gasteiger partial charge on any atom is -0.337 e. The Bertz CT molecular complexity index is 1460. The summed E-state index contributed by atoms with van der Waals surface area (Å²) >= 11 is 6.10. The van der Waals surface area contributed by atoms with Gasteiger partial charge in [0, 0.05) is 23.6 Å². The number of imidazole rings is 1. The quantitative estimate of drug-likeness (QED) is 0.473. The fourth-order valence-electron chi connectivity index (χ4n) is 4.13. The fraction of sp³-hybridized carbons (Fsp3) is 0.238. The molecule has 1 fully saturated rings. The summed E-state index contributed by atoms with van der Waals surface area (Å²) in [6.07, 6.45) is 3.92. The molecule has 0 bridgehead atoms. The second kappa shape index (κ2) is 6.26. The average Bonchev–Trinajstić information content (AvgIpc) is 3.16. The zero-order valence-corrected chi connectivity index (χ0v) is 16.7. The van der Waals surface area contributed by atoms with Gasteiger partial charge in [0.2, 0.25) is 5.89 Å². The van der Waals surface area contributed by atoms with Crippen LogP contribution < -0.4 is 5.56 Å². The van der Waals surface area contributed by atoms with Gasteiger partial charge in [0.15, 0.2) is 17.0 Å². The highest BCUT2D eigenvalue weighted by Gasteiger charge is 2.51. The van der Waals surface area contributed by atoms with Crippen molar-refractivity contribution in [1.29, 1.82) is 0 Å². The molecule has 0 saturated heterocycles. The minimum absolute atomic E-state index is 0.139. The first kappa shape index (κ1) is 17.4. The number of aromatic nitrogens is 6. The first-order valence-corrected chi connectivity index (χ1v) is 9.91. The van der Waals surface area contributed by atoms with Crippen LogP contribution in [-0.4, -0.2) is 29.2 Å². The SMILES string of the molecule is Cn1cnc2ncn(Cc3nc([C@@H]4C5=C=C(c6cccc(Cl)c6)C[C@H]54)no3)c(=O)c21. The summed E-state index contributed by atoms with van der Waals surface area (Å²) in [6, 6.07) is 7.82. The van der Waals surface area contributed by atoms with Crippen molar-refractivity contribution >= 4 is 28.3 Å². The summed E-state index contributed by atoms with van der Waals surface area (Å²) in [5.74, 6) is 1.52. The first-order valence-electron chi connectivity index (χ1n) is 9.53. The van der Waals surface area contributed by atoms with E-state index in [-0.39, 0.29) is 18.0 Å². The van der Waals surface area contributed by atoms with Gasteiger partial charge in [0.05, 0.1) is 12.2 Å². The number of allylic oxidation sites excluding steroid dienone is 1. The van der Waals surface area contributed by atoms with Gasteiger partial charge in [-0.15, -0.1) is 5.73 Å². The lowest BCUT2D eigenvalue weighted by Crippen LogP contribution is -2.22. The van der Waals surface area contributed by atoms with Gasteiger partial charge >= 0.3 is 0 Å². The molecule has 6 rings (SSSR count). The van der Waals surface area contributed by atoms with Gasteiger partial charge in [-0.1, -0.05) is 28.9 Å². The van der Waals surface area contributed by atoms with E-state index in [1.54, 1.807) is 17.9 Å². The van der Waals surface area contributed by atoms with Crippen molar-refractivity contribution in [3.63, 3.8) is 0 Å². The molecule has 0 radical (unpaired) electrons. The molecule has 0 N–H and O–H groups in total. The summed E-state index contributed by atoms with van der Waals surface area (Å²) in [4.78, 5) is 25.5. The van der Waals surface area contributed by atoms with Crippen LogP contribution in [0.3, 0.4) is 0 Å². The maximum absolute atomic E-state index is 12.7. The number of nitrogens with zero attached hydrogens (tertiary/aromatic N) is 6. The molecule has 3 aromatic heterocycles. The van der Waals surface area contributed by atoms with E-state index in [4.69, 9.17) is 16.1 Å². The second-order valence-electron chi connectivity index (χ2n) is 7.61. The molecule has 1 saturated carbocycles. The molecule has 0 aliphatic heterocycles. The Labute approximate surface area is 175 Å². The summed E-state index contributed by atoms with van der Waals surface area (Å²) < 4.78 is 8.51. The van der Waals surface area contributed by atoms with Crippen molar-refractivity contribution < 1.29 is 4.52 Å². The topological polar surface area (TPSA) is 91.6 Å². The number of benzene rings is 1. The molecule has 0 spiro atoms. The standard InChI is InChI=1S/C21H15ClN6O2/c1-27-9-23-20-18(27)21(29)28(10-24-20)8-16-25-19(26-30-16)17-14-6-12(7-15(14)17)11-3-2-4-13(22)5-11/h2-5,9-10,14,17H,6,8H2,1H3/t14-,17+/m1/s1. The molecule has 3 heterocycles. The van der Waals surface area contributed by atoms with E-state index >= 15 is 0 Å². The monoisotopic (exact) mass is 418 g/mol. The van der Waals surface area contributed by atoms with Crippen LogP contribution in [0, 0.1) is 5.92 Å². The predicted molar refractivity (Wildman–Crippen MR) is 109 cm³/mol. The largest absolute Gasteiger partial charge is 0.337 e. The molecule has 2 aliphatic carbocycles. The zero-order valence-electron chi connectivity index (χ0n) is 15.9. The molecule has 9 heteroatoms. The molecular formula is C21H15ClN6O2. The van der Waals surface area contributed by atoms with Crippen LogP contribution in [0.4, 0.5) is 0 Å². The number of fused-ring (bicyclic) bond motifs is 2. The fourth-order valence-corrected chi connectivity index (χ4v) is 4.32. The lowest BCUT2D eigenvalue weighted by Gasteiger charge is -2.03. The van der Waals surface area contributed by atoms with Gasteiger partial charge in [-0.2, -0.15) is 4.98 Å². The Morgan fingerprint density at radius 3 is 2.97 bits per heavy atom. The highest BCUT2D eigenvalue weighted by molar-refractivity contribution is 6.30. The lowest BCUT2D eigenvalue weighted by atomic mass is 10.0. The van der Waals surface area contributed by atoms with E-state index in [1.165, 1.54) is 22.0 Å². The third-order valence-corrected chi connectivity index (χ3v) is 5.92. The van der Waals surface area contributed by atoms with Crippen molar-refractivity contribution in [1.82, 2.24) is 29.2 Å². The predicted octanol–water partition coefficient (Wildman–Crippen LogP) is 2.94. The molecule has 1 aromatic carbocycles. The molecule has 148 valence electrons. The van der Waals surface area contributed by atoms with Crippen molar-refractivity contribution in [3.8, 4) is 0 Å². The van der Waals surface area contributed by atoms with Crippen molar-refractivity contribution in [3.05, 3.63) is 80.9 Å². The Hall–Kier alpha value is -3.48. The van der Waals surface area contributed by atoms with Crippen LogP contribution in [0.1, 0.15) is 29.6 Å². The van der Waals surface area contributed by atoms with Crippen LogP contribution >= 0.6 is 11.6 Å². The minimum atomic E-state index is -0.195. The summed E-state index contributed by atoms with van der Waals surface area (Å²) in [6.45, 7) is 0.167. The highest BCUT2D eigenvalue weighted by atomic mass is 35.5.